The molecule has 0 amide bonds. The molecule has 1 aromatic carbocycles. The Bertz CT molecular complexity index is 364. The number of halogens is 2. The van der Waals surface area contributed by atoms with E-state index >= 15 is 0 Å². The Morgan fingerprint density at radius 2 is 2.06 bits per heavy atom. The van der Waals surface area contributed by atoms with Crippen molar-refractivity contribution in [3.8, 4) is 0 Å². The Kier molecular flexibility index (Phi) is 4.64. The maximum atomic E-state index is 10.4. The van der Waals surface area contributed by atoms with Crippen LogP contribution in [-0.4, -0.2) is 18.3 Å². The quantitative estimate of drug-likeness (QED) is 0.775. The highest BCUT2D eigenvalue weighted by molar-refractivity contribution is 14.1. The minimum atomic E-state index is -0.381. The second-order valence-corrected chi connectivity index (χ2v) is 6.16. The lowest BCUT2D eigenvalue weighted by Crippen LogP contribution is -2.22. The molecule has 0 saturated carbocycles. The van der Waals surface area contributed by atoms with Gasteiger partial charge in [-0.3, -0.25) is 0 Å². The maximum Gasteiger partial charge on any atom is 0.0831 e. The molecule has 2 rings (SSSR count). The van der Waals surface area contributed by atoms with Gasteiger partial charge in [-0.25, -0.2) is 0 Å². The van der Waals surface area contributed by atoms with Gasteiger partial charge in [0.15, 0.2) is 0 Å². The molecule has 1 unspecified atom stereocenters. The summed E-state index contributed by atoms with van der Waals surface area (Å²) in [5.41, 5.74) is 0.999. The summed E-state index contributed by atoms with van der Waals surface area (Å²) in [5, 5.41) is 10.4. The largest absolute Gasteiger partial charge is 0.388 e. The summed E-state index contributed by atoms with van der Waals surface area (Å²) in [6.07, 6.45) is 1.51. The highest BCUT2D eigenvalue weighted by Crippen LogP contribution is 2.34. The molecule has 1 saturated heterocycles. The minimum Gasteiger partial charge on any atom is -0.388 e. The van der Waals surface area contributed by atoms with Crippen molar-refractivity contribution in [3.05, 3.63) is 31.8 Å². The number of hydrogen-bond donors (Lipinski definition) is 1. The van der Waals surface area contributed by atoms with Crippen LogP contribution in [0.2, 0.25) is 0 Å². The van der Waals surface area contributed by atoms with Gasteiger partial charge < -0.3 is 9.84 Å². The van der Waals surface area contributed by atoms with E-state index in [4.69, 9.17) is 4.74 Å². The van der Waals surface area contributed by atoms with E-state index < -0.39 is 0 Å². The topological polar surface area (TPSA) is 29.5 Å². The molecule has 0 bridgehead atoms. The van der Waals surface area contributed by atoms with Crippen LogP contribution >= 0.6 is 38.5 Å². The Balaban J connectivity index is 2.18. The van der Waals surface area contributed by atoms with Crippen LogP contribution in [0.4, 0.5) is 0 Å². The second-order valence-electron chi connectivity index (χ2n) is 4.06. The molecule has 0 aliphatic carbocycles. The summed E-state index contributed by atoms with van der Waals surface area (Å²) in [6, 6.07) is 6.08. The molecule has 1 aliphatic heterocycles. The molecule has 0 spiro atoms. The van der Waals surface area contributed by atoms with E-state index in [1.54, 1.807) is 0 Å². The van der Waals surface area contributed by atoms with Crippen LogP contribution < -0.4 is 0 Å². The van der Waals surface area contributed by atoms with E-state index in [1.165, 1.54) is 0 Å². The van der Waals surface area contributed by atoms with E-state index in [1.807, 2.05) is 18.2 Å². The van der Waals surface area contributed by atoms with Crippen molar-refractivity contribution >= 4 is 38.5 Å². The van der Waals surface area contributed by atoms with E-state index in [-0.39, 0.29) is 6.10 Å². The predicted octanol–water partition coefficient (Wildman–Crippen LogP) is 3.51. The first-order valence-corrected chi connectivity index (χ1v) is 7.26. The first kappa shape index (κ1) is 12.8. The van der Waals surface area contributed by atoms with Crippen LogP contribution in [0.1, 0.15) is 24.5 Å². The van der Waals surface area contributed by atoms with Gasteiger partial charge in [-0.15, -0.1) is 0 Å². The zero-order chi connectivity index (χ0) is 11.5. The highest BCUT2D eigenvalue weighted by Gasteiger charge is 2.24. The zero-order valence-corrected chi connectivity index (χ0v) is 12.6. The minimum absolute atomic E-state index is 0.322. The lowest BCUT2D eigenvalue weighted by Gasteiger charge is -2.27. The summed E-state index contributed by atoms with van der Waals surface area (Å²) in [7, 11) is 0. The molecule has 1 aromatic rings. The molecule has 0 aromatic heterocycles. The third kappa shape index (κ3) is 2.97. The van der Waals surface area contributed by atoms with Gasteiger partial charge in [0.1, 0.15) is 0 Å². The fraction of sp³-hybridized carbons (Fsp3) is 0.500. The number of aliphatic hydroxyl groups excluding tert-OH is 1. The normalized spacial score (nSPS) is 19.7. The molecule has 1 heterocycles. The number of hydrogen-bond acceptors (Lipinski definition) is 2. The van der Waals surface area contributed by atoms with E-state index in [9.17, 15) is 5.11 Å². The number of ether oxygens (including phenoxy) is 1. The average Bonchev–Trinajstić information content (AvgIpc) is 2.32. The van der Waals surface area contributed by atoms with Crippen LogP contribution in [0.25, 0.3) is 0 Å². The first-order valence-electron chi connectivity index (χ1n) is 5.39. The number of rotatable bonds is 2. The summed E-state index contributed by atoms with van der Waals surface area (Å²) in [5.74, 6) is 0.322. The van der Waals surface area contributed by atoms with Crippen molar-refractivity contribution in [1.82, 2.24) is 0 Å². The van der Waals surface area contributed by atoms with Crippen LogP contribution in [0, 0.1) is 9.49 Å². The molecule has 1 atom stereocenters. The molecule has 2 nitrogen and oxygen atoms in total. The van der Waals surface area contributed by atoms with Crippen LogP contribution in [0.5, 0.6) is 0 Å². The standard InChI is InChI=1S/C12H14BrIO2/c13-11-2-1-9(14)7-10(11)12(15)8-3-5-16-6-4-8/h1-2,7-8,12,15H,3-6H2. The van der Waals surface area contributed by atoms with Crippen LogP contribution in [0.15, 0.2) is 22.7 Å². The lowest BCUT2D eigenvalue weighted by atomic mass is 9.89. The van der Waals surface area contributed by atoms with E-state index in [0.717, 1.165) is 39.7 Å². The average molecular weight is 397 g/mol. The Labute approximate surface area is 118 Å². The molecule has 1 fully saturated rings. The maximum absolute atomic E-state index is 10.4. The molecule has 0 radical (unpaired) electrons. The van der Waals surface area contributed by atoms with Gasteiger partial charge in [0, 0.05) is 21.3 Å². The van der Waals surface area contributed by atoms with Crippen molar-refractivity contribution in [2.24, 2.45) is 5.92 Å². The van der Waals surface area contributed by atoms with Gasteiger partial charge in [-0.2, -0.15) is 0 Å². The smallest absolute Gasteiger partial charge is 0.0831 e. The summed E-state index contributed by atoms with van der Waals surface area (Å²) in [4.78, 5) is 0. The Morgan fingerprint density at radius 1 is 1.38 bits per heavy atom. The third-order valence-electron chi connectivity index (χ3n) is 2.99. The van der Waals surface area contributed by atoms with Gasteiger partial charge in [0.2, 0.25) is 0 Å². The first-order chi connectivity index (χ1) is 7.68. The van der Waals surface area contributed by atoms with Gasteiger partial charge in [0.05, 0.1) is 6.10 Å². The van der Waals surface area contributed by atoms with Crippen LogP contribution in [-0.2, 0) is 4.74 Å². The fourth-order valence-corrected chi connectivity index (χ4v) is 3.02. The summed E-state index contributed by atoms with van der Waals surface area (Å²) >= 11 is 5.77. The molecule has 16 heavy (non-hydrogen) atoms. The van der Waals surface area contributed by atoms with Crippen molar-refractivity contribution in [3.63, 3.8) is 0 Å². The fourth-order valence-electron chi connectivity index (χ4n) is 2.03. The highest BCUT2D eigenvalue weighted by atomic mass is 127. The molecule has 1 aliphatic rings. The van der Waals surface area contributed by atoms with Gasteiger partial charge in [-0.1, -0.05) is 15.9 Å². The van der Waals surface area contributed by atoms with Gasteiger partial charge >= 0.3 is 0 Å². The lowest BCUT2D eigenvalue weighted by molar-refractivity contribution is 0.00690. The van der Waals surface area contributed by atoms with Crippen molar-refractivity contribution in [2.75, 3.05) is 13.2 Å². The zero-order valence-electron chi connectivity index (χ0n) is 8.83. The van der Waals surface area contributed by atoms with Crippen molar-refractivity contribution in [1.29, 1.82) is 0 Å². The molecular formula is C12H14BrIO2. The van der Waals surface area contributed by atoms with E-state index in [2.05, 4.69) is 38.5 Å². The molecule has 88 valence electrons. The number of benzene rings is 1. The van der Waals surface area contributed by atoms with Crippen molar-refractivity contribution in [2.45, 2.75) is 18.9 Å². The molecule has 1 N–H and O–H groups in total. The summed E-state index contributed by atoms with van der Waals surface area (Å²) in [6.45, 7) is 1.53. The predicted molar refractivity (Wildman–Crippen MR) is 75.4 cm³/mol. The second kappa shape index (κ2) is 5.80. The third-order valence-corrected chi connectivity index (χ3v) is 4.38. The van der Waals surface area contributed by atoms with E-state index in [0.29, 0.717) is 5.92 Å². The summed E-state index contributed by atoms with van der Waals surface area (Å²) < 4.78 is 7.46. The Morgan fingerprint density at radius 3 is 2.75 bits per heavy atom. The number of aliphatic hydroxyl groups is 1. The Hall–Kier alpha value is 0.350. The van der Waals surface area contributed by atoms with Gasteiger partial charge in [0.25, 0.3) is 0 Å². The SMILES string of the molecule is OC(c1cc(I)ccc1Br)C1CCOCC1. The molecular weight excluding hydrogens is 383 g/mol. The van der Waals surface area contributed by atoms with Crippen LogP contribution in [0.3, 0.4) is 0 Å². The molecule has 4 heteroatoms. The monoisotopic (exact) mass is 396 g/mol. The van der Waals surface area contributed by atoms with Crippen molar-refractivity contribution < 1.29 is 9.84 Å². The van der Waals surface area contributed by atoms with Gasteiger partial charge in [-0.05, 0) is 65.1 Å².